The molecule has 4 aromatic heterocycles. The minimum absolute atomic E-state index is 0.00364. The standard InChI is InChI=1S/C44H60ClN5O4.C32H44ClN3O3/c1-13-30(14-2)53-34-24-26(5)15-20-33(34)48-49-40-36(28-16-18-29(45)19-17-28)37(39-46-35(21-25(3)4)47-42(52)50(39)40)41(51)54-38-31(43(7,8)9)22-27(6)23-32(38)44(10,11)12;1-18(2)14-25-34-28-26(22(17-36(28)30(38)35-25)20-10-12-21(33)13-11-20)29(37)39-27-23(31(4,5)6)15-19(3)16-24(27)32(7,8)9/h15-20,24-25,27,30-32,38H,13-14,21-23H2,1-12H3,(H,46,47,52);10-13,17-19,23-24,27H,14-16H2,1-9H3,(H,34,35,38). The Morgan fingerprint density at radius 3 is 1.47 bits per heavy atom. The van der Waals surface area contributed by atoms with E-state index in [4.69, 9.17) is 57.6 Å². The number of aryl methyl sites for hydroxylation is 1. The zero-order chi connectivity index (χ0) is 68.6. The molecular weight excluding hydrogens is 1210 g/mol. The normalized spacial score (nSPS) is 20.8. The van der Waals surface area contributed by atoms with Gasteiger partial charge < -0.3 is 14.2 Å². The van der Waals surface area contributed by atoms with E-state index in [1.165, 1.54) is 8.80 Å². The SMILES string of the molecule is CC(C)Cc1nc2c(C(=O)OC3C(C(C)(C)C)CC(C)CC3C(C)(C)C)c(-c3ccc(Cl)cc3)cn2c(=O)[nH]1.CCC(CC)Oc1cc(C)ccc1N=Nc1c(-c2ccc(Cl)cc2)c(C(=O)OC2C(C(C)(C)C)CC(C)CC2C(C)(C)C)c2nc(CC(C)C)[nH]c(=O)n12. The van der Waals surface area contributed by atoms with Crippen LogP contribution in [-0.2, 0) is 22.3 Å². The van der Waals surface area contributed by atoms with Gasteiger partial charge in [0.2, 0.25) is 0 Å². The topological polar surface area (TPSA) is 187 Å². The van der Waals surface area contributed by atoms with Crippen molar-refractivity contribution in [2.24, 2.45) is 79.2 Å². The number of H-pyrrole nitrogens is 2. The molecular formula is C76H104Cl2N8O7. The summed E-state index contributed by atoms with van der Waals surface area (Å²) in [5.74, 6) is 3.00. The van der Waals surface area contributed by atoms with Crippen LogP contribution in [0.4, 0.5) is 11.5 Å². The van der Waals surface area contributed by atoms with E-state index in [1.54, 1.807) is 30.5 Å². The van der Waals surface area contributed by atoms with Gasteiger partial charge in [-0.15, -0.1) is 10.2 Å². The highest BCUT2D eigenvalue weighted by molar-refractivity contribution is 6.31. The third kappa shape index (κ3) is 16.9. The molecule has 2 aliphatic rings. The van der Waals surface area contributed by atoms with Crippen LogP contribution in [0.15, 0.2) is 92.7 Å². The fraction of sp³-hybridized carbons (Fsp3) is 0.579. The van der Waals surface area contributed by atoms with Gasteiger partial charge in [0.05, 0.1) is 6.10 Å². The Balaban J connectivity index is 0.000000252. The lowest BCUT2D eigenvalue weighted by Crippen LogP contribution is -2.49. The fourth-order valence-corrected chi connectivity index (χ4v) is 14.4. The molecule has 2 aliphatic carbocycles. The molecule has 0 saturated heterocycles. The van der Waals surface area contributed by atoms with Gasteiger partial charge in [-0.3, -0.25) is 14.4 Å². The maximum Gasteiger partial charge on any atom is 0.343 e. The van der Waals surface area contributed by atoms with Crippen molar-refractivity contribution in [1.82, 2.24) is 28.7 Å². The Morgan fingerprint density at radius 1 is 0.602 bits per heavy atom. The van der Waals surface area contributed by atoms with Gasteiger partial charge in [0.15, 0.2) is 17.1 Å². The highest BCUT2D eigenvalue weighted by Gasteiger charge is 2.50. The van der Waals surface area contributed by atoms with Gasteiger partial charge in [0.25, 0.3) is 0 Å². The molecule has 15 nitrogen and oxygen atoms in total. The third-order valence-electron chi connectivity index (χ3n) is 19.1. The number of aromatic nitrogens is 6. The minimum Gasteiger partial charge on any atom is -0.488 e. The number of ether oxygens (including phenoxy) is 3. The van der Waals surface area contributed by atoms with Gasteiger partial charge >= 0.3 is 23.3 Å². The van der Waals surface area contributed by atoms with Crippen LogP contribution in [0.25, 0.3) is 33.5 Å². The van der Waals surface area contributed by atoms with E-state index in [0.717, 1.165) is 49.7 Å². The Morgan fingerprint density at radius 2 is 1.03 bits per heavy atom. The molecule has 17 heteroatoms. The van der Waals surface area contributed by atoms with Crippen LogP contribution in [0, 0.1) is 75.9 Å². The molecule has 2 fully saturated rings. The molecule has 4 heterocycles. The highest BCUT2D eigenvalue weighted by atomic mass is 35.5. The van der Waals surface area contributed by atoms with Crippen LogP contribution in [-0.4, -0.2) is 59.0 Å². The van der Waals surface area contributed by atoms with Gasteiger partial charge in [0, 0.05) is 63.9 Å². The number of carbonyl (C=O) groups is 2. The number of hydrogen-bond donors (Lipinski definition) is 2. The van der Waals surface area contributed by atoms with E-state index in [0.29, 0.717) is 91.6 Å². The highest BCUT2D eigenvalue weighted by Crippen LogP contribution is 2.52. The van der Waals surface area contributed by atoms with Crippen LogP contribution in [0.2, 0.25) is 10.0 Å². The molecule has 3 aromatic carbocycles. The second-order valence-corrected chi connectivity index (χ2v) is 32.9. The van der Waals surface area contributed by atoms with Crippen molar-refractivity contribution < 1.29 is 23.8 Å². The summed E-state index contributed by atoms with van der Waals surface area (Å²) in [4.78, 5) is 72.3. The largest absolute Gasteiger partial charge is 0.488 e. The summed E-state index contributed by atoms with van der Waals surface area (Å²) in [6.07, 6.45) is 7.76. The number of nitrogens with one attached hydrogen (secondary N) is 2. The molecule has 0 amide bonds. The second kappa shape index (κ2) is 28.8. The summed E-state index contributed by atoms with van der Waals surface area (Å²) in [6, 6.07) is 20.2. The molecule has 4 atom stereocenters. The molecule has 0 aliphatic heterocycles. The lowest BCUT2D eigenvalue weighted by Gasteiger charge is -2.50. The van der Waals surface area contributed by atoms with Crippen LogP contribution in [0.5, 0.6) is 5.75 Å². The number of carbonyl (C=O) groups excluding carboxylic acids is 2. The summed E-state index contributed by atoms with van der Waals surface area (Å²) in [5.41, 5.74) is 3.86. The molecule has 0 radical (unpaired) electrons. The first-order valence-corrected chi connectivity index (χ1v) is 34.6. The molecule has 2 N–H and O–H groups in total. The van der Waals surface area contributed by atoms with Crippen molar-refractivity contribution in [2.45, 2.75) is 215 Å². The van der Waals surface area contributed by atoms with Crippen molar-refractivity contribution in [3.05, 3.63) is 132 Å². The first kappa shape index (κ1) is 72.3. The maximum atomic E-state index is 15.1. The Hall–Kier alpha value is -6.58. The summed E-state index contributed by atoms with van der Waals surface area (Å²) < 4.78 is 22.6. The first-order valence-electron chi connectivity index (χ1n) is 33.8. The minimum atomic E-state index is -0.538. The number of aromatic amines is 2. The van der Waals surface area contributed by atoms with Crippen molar-refractivity contribution in [3.63, 3.8) is 0 Å². The number of azo groups is 1. The van der Waals surface area contributed by atoms with Gasteiger partial charge in [-0.1, -0.05) is 192 Å². The average Bonchev–Trinajstić information content (AvgIpc) is 1.63. The van der Waals surface area contributed by atoms with Crippen LogP contribution < -0.4 is 16.1 Å². The van der Waals surface area contributed by atoms with E-state index in [2.05, 4.69) is 148 Å². The van der Waals surface area contributed by atoms with Gasteiger partial charge in [-0.25, -0.2) is 33.5 Å². The summed E-state index contributed by atoms with van der Waals surface area (Å²) in [7, 11) is 0. The van der Waals surface area contributed by atoms with Crippen LogP contribution in [0.3, 0.4) is 0 Å². The van der Waals surface area contributed by atoms with Crippen molar-refractivity contribution >= 4 is 57.9 Å². The molecule has 93 heavy (non-hydrogen) atoms. The number of rotatable bonds is 16. The summed E-state index contributed by atoms with van der Waals surface area (Å²) in [5, 5.41) is 10.6. The van der Waals surface area contributed by atoms with Crippen molar-refractivity contribution in [2.75, 3.05) is 0 Å². The third-order valence-corrected chi connectivity index (χ3v) is 19.6. The zero-order valence-corrected chi connectivity index (χ0v) is 60.7. The Labute approximate surface area is 562 Å². The first-order chi connectivity index (χ1) is 43.4. The van der Waals surface area contributed by atoms with E-state index in [1.807, 2.05) is 49.4 Å². The number of halogens is 2. The Bertz CT molecular complexity index is 3870. The molecule has 4 unspecified atom stereocenters. The number of fused-ring (bicyclic) bond motifs is 2. The molecule has 0 spiro atoms. The van der Waals surface area contributed by atoms with Gasteiger partial charge in [-0.2, -0.15) is 0 Å². The molecule has 2 saturated carbocycles. The predicted octanol–water partition coefficient (Wildman–Crippen LogP) is 19.9. The van der Waals surface area contributed by atoms with Crippen LogP contribution in [0.1, 0.15) is 215 Å². The van der Waals surface area contributed by atoms with E-state index in [-0.39, 0.29) is 92.3 Å². The molecule has 504 valence electrons. The predicted molar refractivity (Wildman–Crippen MR) is 377 cm³/mol. The zero-order valence-electron chi connectivity index (χ0n) is 59.2. The monoisotopic (exact) mass is 1310 g/mol. The summed E-state index contributed by atoms with van der Waals surface area (Å²) >= 11 is 12.6. The average molecular weight is 1310 g/mol. The number of benzene rings is 3. The van der Waals surface area contributed by atoms with Crippen LogP contribution >= 0.6 is 23.2 Å². The fourth-order valence-electron chi connectivity index (χ4n) is 14.1. The molecule has 0 bridgehead atoms. The van der Waals surface area contributed by atoms with E-state index >= 15 is 4.79 Å². The maximum absolute atomic E-state index is 15.1. The lowest BCUT2D eigenvalue weighted by atomic mass is 9.59. The van der Waals surface area contributed by atoms with Gasteiger partial charge in [-0.05, 0) is 144 Å². The second-order valence-electron chi connectivity index (χ2n) is 32.0. The Kier molecular flexibility index (Phi) is 22.4. The number of hydrogen-bond acceptors (Lipinski definition) is 11. The lowest BCUT2D eigenvalue weighted by molar-refractivity contribution is -0.0927. The number of nitrogens with zero attached hydrogens (tertiary/aromatic N) is 6. The quantitative estimate of drug-likeness (QED) is 0.0701. The smallest absolute Gasteiger partial charge is 0.343 e. The van der Waals surface area contributed by atoms with E-state index < -0.39 is 17.6 Å². The molecule has 9 rings (SSSR count). The van der Waals surface area contributed by atoms with E-state index in [9.17, 15) is 14.4 Å². The molecule has 7 aromatic rings. The van der Waals surface area contributed by atoms with Crippen molar-refractivity contribution in [1.29, 1.82) is 0 Å². The number of esters is 2. The summed E-state index contributed by atoms with van der Waals surface area (Å²) in [6.45, 7) is 45.8. The van der Waals surface area contributed by atoms with Gasteiger partial charge in [0.1, 0.15) is 46.4 Å². The van der Waals surface area contributed by atoms with Crippen molar-refractivity contribution in [3.8, 4) is 28.0 Å².